The molecule has 1 atom stereocenters. The van der Waals surface area contributed by atoms with Crippen molar-refractivity contribution < 1.29 is 9.59 Å². The van der Waals surface area contributed by atoms with Crippen LogP contribution in [-0.4, -0.2) is 15.9 Å². The van der Waals surface area contributed by atoms with Gasteiger partial charge in [-0.05, 0) is 29.9 Å². The molecule has 0 aromatic rings. The van der Waals surface area contributed by atoms with Crippen molar-refractivity contribution in [2.75, 3.05) is 0 Å². The molecule has 0 saturated heterocycles. The Morgan fingerprint density at radius 1 is 1.16 bits per heavy atom. The van der Waals surface area contributed by atoms with Crippen LogP contribution >= 0.6 is 15.9 Å². The lowest BCUT2D eigenvalue weighted by Gasteiger charge is -2.41. The van der Waals surface area contributed by atoms with Gasteiger partial charge in [-0.2, -0.15) is 0 Å². The van der Waals surface area contributed by atoms with Crippen LogP contribution in [0, 0.1) is 10.8 Å². The minimum absolute atomic E-state index is 0.0117. The van der Waals surface area contributed by atoms with Crippen LogP contribution in [0.15, 0.2) is 23.3 Å². The lowest BCUT2D eigenvalue weighted by atomic mass is 9.68. The summed E-state index contributed by atoms with van der Waals surface area (Å²) < 4.78 is -0.821. The van der Waals surface area contributed by atoms with Crippen molar-refractivity contribution in [3.63, 3.8) is 0 Å². The topological polar surface area (TPSA) is 34.1 Å². The van der Waals surface area contributed by atoms with Crippen LogP contribution in [0.25, 0.3) is 0 Å². The first kappa shape index (κ1) is 16.4. The molecule has 1 rings (SSSR count). The molecule has 1 unspecified atom stereocenters. The molecule has 3 heteroatoms. The highest BCUT2D eigenvalue weighted by Crippen LogP contribution is 2.47. The Morgan fingerprint density at radius 2 is 1.63 bits per heavy atom. The van der Waals surface area contributed by atoms with Crippen LogP contribution in [0.3, 0.4) is 0 Å². The van der Waals surface area contributed by atoms with Crippen LogP contribution in [0.2, 0.25) is 0 Å². The van der Waals surface area contributed by atoms with E-state index in [-0.39, 0.29) is 22.4 Å². The quantitative estimate of drug-likeness (QED) is 0.675. The fraction of sp³-hybridized carbons (Fsp3) is 0.625. The molecule has 0 amide bonds. The third-order valence-electron chi connectivity index (χ3n) is 3.54. The molecule has 2 nitrogen and oxygen atoms in total. The molecule has 0 radical (unpaired) electrons. The first-order valence-electron chi connectivity index (χ1n) is 6.50. The van der Waals surface area contributed by atoms with E-state index in [0.29, 0.717) is 11.1 Å². The number of alkyl halides is 1. The first-order chi connectivity index (χ1) is 8.30. The Hall–Kier alpha value is -0.700. The molecule has 0 heterocycles. The normalized spacial score (nSPS) is 24.9. The van der Waals surface area contributed by atoms with Gasteiger partial charge >= 0.3 is 0 Å². The Morgan fingerprint density at radius 3 is 1.95 bits per heavy atom. The van der Waals surface area contributed by atoms with Gasteiger partial charge in [0.15, 0.2) is 11.6 Å². The van der Waals surface area contributed by atoms with Gasteiger partial charge in [0.2, 0.25) is 0 Å². The zero-order valence-corrected chi connectivity index (χ0v) is 14.4. The summed E-state index contributed by atoms with van der Waals surface area (Å²) in [5, 5.41) is 0. The maximum absolute atomic E-state index is 12.8. The third kappa shape index (κ3) is 2.91. The number of allylic oxidation sites excluding steroid dienone is 4. The molecule has 19 heavy (non-hydrogen) atoms. The minimum Gasteiger partial charge on any atom is -0.295 e. The largest absolute Gasteiger partial charge is 0.295 e. The van der Waals surface area contributed by atoms with Gasteiger partial charge in [0.1, 0.15) is 4.32 Å². The summed E-state index contributed by atoms with van der Waals surface area (Å²) in [5.74, 6) is 0.0415. The highest BCUT2D eigenvalue weighted by atomic mass is 79.9. The van der Waals surface area contributed by atoms with E-state index in [0.717, 1.165) is 0 Å². The van der Waals surface area contributed by atoms with E-state index in [2.05, 4.69) is 15.9 Å². The predicted octanol–water partition coefficient (Wildman–Crippen LogP) is 4.24. The third-order valence-corrected chi connectivity index (χ3v) is 5.31. The van der Waals surface area contributed by atoms with Crippen molar-refractivity contribution in [1.82, 2.24) is 0 Å². The molecule has 1 aliphatic rings. The Balaban J connectivity index is 3.54. The van der Waals surface area contributed by atoms with E-state index in [1.54, 1.807) is 12.2 Å². The molecular formula is C16H23BrO2. The molecule has 0 spiro atoms. The summed E-state index contributed by atoms with van der Waals surface area (Å²) in [6.45, 7) is 13.5. The van der Waals surface area contributed by atoms with Gasteiger partial charge < -0.3 is 0 Å². The van der Waals surface area contributed by atoms with Gasteiger partial charge in [0.05, 0.1) is 0 Å². The van der Waals surface area contributed by atoms with Gasteiger partial charge in [-0.1, -0.05) is 57.5 Å². The maximum atomic E-state index is 12.8. The molecule has 0 aromatic heterocycles. The standard InChI is InChI=1S/C16H23BrO2/c1-10(18)11-8-12(14(2,3)4)13(19)16(17,9-11)15(5,6)7/h8-9H,1-7H3. The zero-order valence-electron chi connectivity index (χ0n) is 12.8. The van der Waals surface area contributed by atoms with Crippen LogP contribution in [0.1, 0.15) is 48.5 Å². The van der Waals surface area contributed by atoms with E-state index in [4.69, 9.17) is 0 Å². The van der Waals surface area contributed by atoms with E-state index < -0.39 is 4.32 Å². The average molecular weight is 327 g/mol. The zero-order chi connectivity index (χ0) is 15.2. The second kappa shape index (κ2) is 4.69. The Kier molecular flexibility index (Phi) is 4.04. The number of Topliss-reactive ketones (excluding diaryl/α,β-unsaturated/α-hetero) is 2. The van der Waals surface area contributed by atoms with E-state index >= 15 is 0 Å². The molecule has 106 valence electrons. The summed E-state index contributed by atoms with van der Waals surface area (Å²) in [6.07, 6.45) is 3.52. The van der Waals surface area contributed by atoms with Crippen molar-refractivity contribution in [3.05, 3.63) is 23.3 Å². The van der Waals surface area contributed by atoms with E-state index in [9.17, 15) is 9.59 Å². The SMILES string of the molecule is CC(=O)C1=CC(Br)(C(C)(C)C)C(=O)C(C(C)(C)C)=C1. The van der Waals surface area contributed by atoms with E-state index in [1.807, 2.05) is 41.5 Å². The smallest absolute Gasteiger partial charge is 0.180 e. The number of halogens is 1. The molecule has 0 bridgehead atoms. The maximum Gasteiger partial charge on any atom is 0.180 e. The van der Waals surface area contributed by atoms with Gasteiger partial charge in [0, 0.05) is 11.1 Å². The average Bonchev–Trinajstić information content (AvgIpc) is 2.18. The number of rotatable bonds is 1. The Bertz CT molecular complexity index is 484. The molecule has 1 aliphatic carbocycles. The summed E-state index contributed by atoms with van der Waals surface area (Å²) in [6, 6.07) is 0. The van der Waals surface area contributed by atoms with Crippen molar-refractivity contribution in [2.24, 2.45) is 10.8 Å². The molecular weight excluding hydrogens is 304 g/mol. The Labute approximate surface area is 124 Å². The van der Waals surface area contributed by atoms with Crippen LogP contribution in [-0.2, 0) is 9.59 Å². The second-order valence-corrected chi connectivity index (χ2v) is 8.51. The highest BCUT2D eigenvalue weighted by Gasteiger charge is 2.49. The van der Waals surface area contributed by atoms with Crippen molar-refractivity contribution in [2.45, 2.75) is 52.8 Å². The van der Waals surface area contributed by atoms with Gasteiger partial charge in [-0.3, -0.25) is 9.59 Å². The number of carbonyl (C=O) groups is 2. The number of hydrogen-bond donors (Lipinski definition) is 0. The molecule has 0 N–H and O–H groups in total. The van der Waals surface area contributed by atoms with E-state index in [1.165, 1.54) is 6.92 Å². The molecule has 0 saturated carbocycles. The minimum atomic E-state index is -0.821. The molecule has 0 aliphatic heterocycles. The first-order valence-corrected chi connectivity index (χ1v) is 7.29. The lowest BCUT2D eigenvalue weighted by molar-refractivity contribution is -0.119. The van der Waals surface area contributed by atoms with Crippen LogP contribution in [0.5, 0.6) is 0 Å². The fourth-order valence-electron chi connectivity index (χ4n) is 2.06. The van der Waals surface area contributed by atoms with Gasteiger partial charge in [0.25, 0.3) is 0 Å². The highest BCUT2D eigenvalue weighted by molar-refractivity contribution is 9.10. The van der Waals surface area contributed by atoms with Crippen LogP contribution in [0.4, 0.5) is 0 Å². The van der Waals surface area contributed by atoms with Crippen molar-refractivity contribution >= 4 is 27.5 Å². The summed E-state index contributed by atoms with van der Waals surface area (Å²) in [5.41, 5.74) is 0.717. The fourth-order valence-corrected chi connectivity index (χ4v) is 2.52. The second-order valence-electron chi connectivity index (χ2n) is 7.25. The molecule has 0 aromatic carbocycles. The summed E-state index contributed by atoms with van der Waals surface area (Å²) >= 11 is 3.60. The monoisotopic (exact) mass is 326 g/mol. The number of ketones is 2. The van der Waals surface area contributed by atoms with Crippen LogP contribution < -0.4 is 0 Å². The number of carbonyl (C=O) groups excluding carboxylic acids is 2. The lowest BCUT2D eigenvalue weighted by Crippen LogP contribution is -2.47. The molecule has 0 fully saturated rings. The predicted molar refractivity (Wildman–Crippen MR) is 82.4 cm³/mol. The van der Waals surface area contributed by atoms with Crippen molar-refractivity contribution in [3.8, 4) is 0 Å². The summed E-state index contributed by atoms with van der Waals surface area (Å²) in [7, 11) is 0. The van der Waals surface area contributed by atoms with Crippen molar-refractivity contribution in [1.29, 1.82) is 0 Å². The van der Waals surface area contributed by atoms with Gasteiger partial charge in [-0.15, -0.1) is 0 Å². The van der Waals surface area contributed by atoms with Gasteiger partial charge in [-0.25, -0.2) is 0 Å². The summed E-state index contributed by atoms with van der Waals surface area (Å²) in [4.78, 5) is 24.6. The number of hydrogen-bond acceptors (Lipinski definition) is 2.